The maximum Gasteiger partial charge on any atom is 0.228 e. The Morgan fingerprint density at radius 3 is 2.81 bits per heavy atom. The molecule has 2 atom stereocenters. The number of thiazole rings is 1. The number of anilines is 1. The van der Waals surface area contributed by atoms with Gasteiger partial charge in [-0.1, -0.05) is 22.9 Å². The minimum atomic E-state index is -0.579. The van der Waals surface area contributed by atoms with E-state index >= 15 is 4.39 Å². The maximum absolute atomic E-state index is 15.1. The highest BCUT2D eigenvalue weighted by Crippen LogP contribution is 2.37. The average molecular weight is 546 g/mol. The van der Waals surface area contributed by atoms with E-state index in [-0.39, 0.29) is 18.8 Å². The van der Waals surface area contributed by atoms with E-state index in [1.165, 1.54) is 17.4 Å². The standard InChI is InChI=1S/C25H26ClF2N7OS/c1-14-11-33(13-20(36-14)15-10-30-35(12-15)17-4-5-17)24-31-21(18-6-3-16(26)9-19(18)28)22-23(32-24)34(8-7-27)25(29-2)37-22/h3,6,9-10,12,14,17,20H,4-5,7-8,11,13H2,1-2H3/t14-,20-/m1/s1. The predicted octanol–water partition coefficient (Wildman–Crippen LogP) is 4.95. The quantitative estimate of drug-likeness (QED) is 0.343. The zero-order valence-corrected chi connectivity index (χ0v) is 22.0. The van der Waals surface area contributed by atoms with Crippen LogP contribution in [-0.2, 0) is 11.3 Å². The molecule has 1 aliphatic carbocycles. The first kappa shape index (κ1) is 24.4. The highest BCUT2D eigenvalue weighted by Gasteiger charge is 2.32. The molecule has 0 bridgehead atoms. The number of alkyl halides is 1. The molecule has 8 nitrogen and oxygen atoms in total. The fourth-order valence-electron chi connectivity index (χ4n) is 4.76. The monoisotopic (exact) mass is 545 g/mol. The lowest BCUT2D eigenvalue weighted by atomic mass is 10.1. The van der Waals surface area contributed by atoms with Crippen molar-refractivity contribution in [1.29, 1.82) is 0 Å². The van der Waals surface area contributed by atoms with Gasteiger partial charge in [-0.25, -0.2) is 13.8 Å². The van der Waals surface area contributed by atoms with Crippen LogP contribution in [-0.4, -0.2) is 57.2 Å². The molecule has 0 N–H and O–H groups in total. The van der Waals surface area contributed by atoms with Crippen molar-refractivity contribution in [2.24, 2.45) is 4.99 Å². The second-order valence-electron chi connectivity index (χ2n) is 9.42. The van der Waals surface area contributed by atoms with Crippen molar-refractivity contribution in [2.45, 2.75) is 44.6 Å². The minimum Gasteiger partial charge on any atom is -0.367 e. The zero-order chi connectivity index (χ0) is 25.7. The molecule has 2 aliphatic rings. The molecule has 2 fully saturated rings. The smallest absolute Gasteiger partial charge is 0.228 e. The van der Waals surface area contributed by atoms with Crippen LogP contribution in [0.1, 0.15) is 37.5 Å². The summed E-state index contributed by atoms with van der Waals surface area (Å²) in [4.78, 5) is 16.7. The van der Waals surface area contributed by atoms with Gasteiger partial charge in [0.2, 0.25) is 5.95 Å². The third-order valence-corrected chi connectivity index (χ3v) is 8.06. The van der Waals surface area contributed by atoms with Crippen molar-refractivity contribution < 1.29 is 13.5 Å². The zero-order valence-electron chi connectivity index (χ0n) is 20.4. The average Bonchev–Trinajstić information content (AvgIpc) is 3.50. The molecule has 12 heteroatoms. The van der Waals surface area contributed by atoms with Crippen LogP contribution >= 0.6 is 22.9 Å². The first-order valence-corrected chi connectivity index (χ1v) is 13.4. The number of aryl methyl sites for hydroxylation is 1. The van der Waals surface area contributed by atoms with E-state index in [0.717, 1.165) is 18.4 Å². The van der Waals surface area contributed by atoms with E-state index in [2.05, 4.69) is 16.3 Å². The van der Waals surface area contributed by atoms with Gasteiger partial charge in [0.05, 0.1) is 37.1 Å². The second kappa shape index (κ2) is 9.77. The van der Waals surface area contributed by atoms with E-state index < -0.39 is 12.5 Å². The molecule has 1 saturated carbocycles. The molecule has 4 heterocycles. The minimum absolute atomic E-state index is 0.0914. The van der Waals surface area contributed by atoms with Gasteiger partial charge in [0.1, 0.15) is 23.3 Å². The molecule has 0 radical (unpaired) electrons. The Balaban J connectivity index is 1.47. The van der Waals surface area contributed by atoms with E-state index in [1.807, 2.05) is 22.7 Å². The van der Waals surface area contributed by atoms with Gasteiger partial charge >= 0.3 is 0 Å². The number of benzene rings is 1. The van der Waals surface area contributed by atoms with Crippen LogP contribution in [0.5, 0.6) is 0 Å². The Morgan fingerprint density at radius 2 is 2.08 bits per heavy atom. The van der Waals surface area contributed by atoms with Crippen LogP contribution in [0.25, 0.3) is 21.6 Å². The molecule has 1 aliphatic heterocycles. The Kier molecular flexibility index (Phi) is 6.46. The summed E-state index contributed by atoms with van der Waals surface area (Å²) < 4.78 is 39.3. The van der Waals surface area contributed by atoms with Crippen LogP contribution in [0.2, 0.25) is 5.02 Å². The number of hydrogen-bond donors (Lipinski definition) is 0. The lowest BCUT2D eigenvalue weighted by Crippen LogP contribution is -2.43. The molecular formula is C25H26ClF2N7OS. The SMILES string of the molecule is CN=c1sc2c(-c3ccc(Cl)cc3F)nc(N3C[C@@H](C)O[C@@H](c4cnn(C5CC5)c4)C3)nc2n1CCF. The normalized spacial score (nSPS) is 20.8. The highest BCUT2D eigenvalue weighted by atomic mass is 35.5. The molecular weight excluding hydrogens is 520 g/mol. The number of aromatic nitrogens is 5. The van der Waals surface area contributed by atoms with E-state index in [4.69, 9.17) is 26.3 Å². The van der Waals surface area contributed by atoms with Crippen molar-refractivity contribution in [2.75, 3.05) is 31.7 Å². The Hall–Kier alpha value is -2.89. The van der Waals surface area contributed by atoms with Crippen molar-refractivity contribution in [1.82, 2.24) is 24.3 Å². The van der Waals surface area contributed by atoms with Crippen LogP contribution in [0.3, 0.4) is 0 Å². The van der Waals surface area contributed by atoms with Crippen molar-refractivity contribution in [3.63, 3.8) is 0 Å². The molecule has 0 unspecified atom stereocenters. The van der Waals surface area contributed by atoms with Gasteiger partial charge in [0, 0.05) is 35.9 Å². The number of ether oxygens (including phenoxy) is 1. The molecule has 4 aromatic rings. The van der Waals surface area contributed by atoms with Crippen LogP contribution in [0.4, 0.5) is 14.7 Å². The van der Waals surface area contributed by atoms with Crippen LogP contribution in [0, 0.1) is 5.82 Å². The maximum atomic E-state index is 15.1. The molecule has 1 aromatic carbocycles. The summed E-state index contributed by atoms with van der Waals surface area (Å²) in [6.07, 6.45) is 5.91. The summed E-state index contributed by atoms with van der Waals surface area (Å²) in [5.74, 6) is -0.0563. The van der Waals surface area contributed by atoms with Crippen LogP contribution in [0.15, 0.2) is 35.6 Å². The Labute approximate surface area is 221 Å². The van der Waals surface area contributed by atoms with Crippen molar-refractivity contribution >= 4 is 39.2 Å². The second-order valence-corrected chi connectivity index (χ2v) is 10.8. The third-order valence-electron chi connectivity index (χ3n) is 6.66. The topological polar surface area (TPSA) is 73.4 Å². The van der Waals surface area contributed by atoms with Crippen LogP contribution < -0.4 is 9.70 Å². The molecule has 194 valence electrons. The van der Waals surface area contributed by atoms with Crippen molar-refractivity contribution in [3.05, 3.63) is 51.8 Å². The molecule has 6 rings (SSSR count). The van der Waals surface area contributed by atoms with Gasteiger partial charge < -0.3 is 9.64 Å². The molecule has 1 saturated heterocycles. The summed E-state index contributed by atoms with van der Waals surface area (Å²) >= 11 is 7.34. The number of halogens is 3. The number of morpholine rings is 1. The van der Waals surface area contributed by atoms with Gasteiger partial charge in [-0.3, -0.25) is 14.2 Å². The summed E-state index contributed by atoms with van der Waals surface area (Å²) in [6, 6.07) is 4.99. The lowest BCUT2D eigenvalue weighted by molar-refractivity contribution is -0.0178. The summed E-state index contributed by atoms with van der Waals surface area (Å²) in [7, 11) is 1.65. The van der Waals surface area contributed by atoms with Gasteiger partial charge in [-0.15, -0.1) is 0 Å². The number of hydrogen-bond acceptors (Lipinski definition) is 7. The summed E-state index contributed by atoms with van der Waals surface area (Å²) in [5.41, 5.74) is 2.26. The summed E-state index contributed by atoms with van der Waals surface area (Å²) in [5, 5.41) is 4.82. The summed E-state index contributed by atoms with van der Waals surface area (Å²) in [6.45, 7) is 2.58. The number of nitrogens with zero attached hydrogens (tertiary/aromatic N) is 7. The van der Waals surface area contributed by atoms with Gasteiger partial charge in [0.15, 0.2) is 10.4 Å². The largest absolute Gasteiger partial charge is 0.367 e. The predicted molar refractivity (Wildman–Crippen MR) is 139 cm³/mol. The third kappa shape index (κ3) is 4.64. The fourth-order valence-corrected chi connectivity index (χ4v) is 5.98. The van der Waals surface area contributed by atoms with E-state index in [0.29, 0.717) is 56.5 Å². The Morgan fingerprint density at radius 1 is 1.24 bits per heavy atom. The van der Waals surface area contributed by atoms with E-state index in [1.54, 1.807) is 23.7 Å². The number of rotatable bonds is 6. The van der Waals surface area contributed by atoms with Gasteiger partial charge in [0.25, 0.3) is 0 Å². The van der Waals surface area contributed by atoms with E-state index in [9.17, 15) is 4.39 Å². The first-order chi connectivity index (χ1) is 17.9. The molecule has 37 heavy (non-hydrogen) atoms. The molecule has 3 aromatic heterocycles. The Bertz CT molecular complexity index is 1530. The lowest BCUT2D eigenvalue weighted by Gasteiger charge is -2.36. The highest BCUT2D eigenvalue weighted by molar-refractivity contribution is 7.16. The number of fused-ring (bicyclic) bond motifs is 1. The molecule has 0 amide bonds. The van der Waals surface area contributed by atoms with Gasteiger partial charge in [-0.05, 0) is 38.0 Å². The molecule has 0 spiro atoms. The van der Waals surface area contributed by atoms with Gasteiger partial charge in [-0.2, -0.15) is 10.1 Å². The van der Waals surface area contributed by atoms with Crippen molar-refractivity contribution in [3.8, 4) is 11.3 Å². The first-order valence-electron chi connectivity index (χ1n) is 12.2. The fraction of sp³-hybridized carbons (Fsp3) is 0.440.